The van der Waals surface area contributed by atoms with Crippen molar-refractivity contribution in [1.29, 1.82) is 0 Å². The number of nitrogens with zero attached hydrogens (tertiary/aromatic N) is 1. The Bertz CT molecular complexity index is 627. The fraction of sp³-hybridized carbons (Fsp3) is 0.286. The third-order valence-corrected chi connectivity index (χ3v) is 4.11. The molecule has 1 unspecified atom stereocenters. The molecule has 0 aromatic carbocycles. The number of aryl methyl sites for hydroxylation is 1. The summed E-state index contributed by atoms with van der Waals surface area (Å²) in [6.07, 6.45) is 2.22. The minimum absolute atomic E-state index is 0.0121. The van der Waals surface area contributed by atoms with Crippen molar-refractivity contribution in [2.75, 3.05) is 5.73 Å². The maximum absolute atomic E-state index is 12.1. The number of anilines is 1. The molecule has 2 aromatic rings. The highest BCUT2D eigenvalue weighted by Gasteiger charge is 2.15. The Balaban J connectivity index is 2.02. The van der Waals surface area contributed by atoms with E-state index in [1.165, 1.54) is 22.0 Å². The molecular weight excluding hydrogens is 294 g/mol. The lowest BCUT2D eigenvalue weighted by Gasteiger charge is -2.13. The maximum Gasteiger partial charge on any atom is 0.254 e. The molecule has 20 heavy (non-hydrogen) atoms. The highest BCUT2D eigenvalue weighted by molar-refractivity contribution is 7.11. The van der Waals surface area contributed by atoms with Crippen LogP contribution in [-0.2, 0) is 6.42 Å². The van der Waals surface area contributed by atoms with Crippen molar-refractivity contribution in [1.82, 2.24) is 10.3 Å². The number of rotatable bonds is 4. The number of nitrogens with one attached hydrogen (secondary N) is 1. The van der Waals surface area contributed by atoms with Crippen LogP contribution in [0.25, 0.3) is 0 Å². The highest BCUT2D eigenvalue weighted by atomic mass is 35.5. The molecule has 0 radical (unpaired) electrons. The van der Waals surface area contributed by atoms with Gasteiger partial charge in [0.25, 0.3) is 5.91 Å². The Morgan fingerprint density at radius 1 is 1.55 bits per heavy atom. The lowest BCUT2D eigenvalue weighted by Crippen LogP contribution is -2.34. The van der Waals surface area contributed by atoms with Gasteiger partial charge in [-0.25, -0.2) is 4.98 Å². The van der Waals surface area contributed by atoms with Crippen molar-refractivity contribution in [2.24, 2.45) is 0 Å². The molecule has 0 saturated carbocycles. The van der Waals surface area contributed by atoms with Gasteiger partial charge in [-0.15, -0.1) is 11.3 Å². The molecule has 2 rings (SSSR count). The molecule has 3 N–H and O–H groups in total. The molecule has 2 aromatic heterocycles. The van der Waals surface area contributed by atoms with Gasteiger partial charge in [0, 0.05) is 22.2 Å². The summed E-state index contributed by atoms with van der Waals surface area (Å²) in [5.74, 6) is -0.254. The van der Waals surface area contributed by atoms with E-state index in [2.05, 4.69) is 29.4 Å². The standard InChI is InChI=1S/C14H16ClN3OS/c1-8(5-11-4-3-9(2)20-11)18-14(19)12-6-10(16)7-17-13(12)15/h3-4,6-8H,5,16H2,1-2H3,(H,18,19). The van der Waals surface area contributed by atoms with Gasteiger partial charge < -0.3 is 11.1 Å². The Morgan fingerprint density at radius 2 is 2.30 bits per heavy atom. The quantitative estimate of drug-likeness (QED) is 0.853. The number of hydrogen-bond acceptors (Lipinski definition) is 4. The lowest BCUT2D eigenvalue weighted by atomic mass is 10.2. The van der Waals surface area contributed by atoms with Crippen molar-refractivity contribution in [3.05, 3.63) is 44.9 Å². The molecule has 2 heterocycles. The smallest absolute Gasteiger partial charge is 0.254 e. The van der Waals surface area contributed by atoms with Crippen LogP contribution in [0.15, 0.2) is 24.4 Å². The van der Waals surface area contributed by atoms with Gasteiger partial charge in [0.05, 0.1) is 17.4 Å². The van der Waals surface area contributed by atoms with Crippen LogP contribution >= 0.6 is 22.9 Å². The zero-order chi connectivity index (χ0) is 14.7. The van der Waals surface area contributed by atoms with E-state index in [1.54, 1.807) is 11.3 Å². The highest BCUT2D eigenvalue weighted by Crippen LogP contribution is 2.18. The minimum Gasteiger partial charge on any atom is -0.397 e. The second kappa shape index (κ2) is 6.24. The molecule has 0 fully saturated rings. The van der Waals surface area contributed by atoms with Gasteiger partial charge in [-0.05, 0) is 32.0 Å². The summed E-state index contributed by atoms with van der Waals surface area (Å²) < 4.78 is 0. The number of nitrogens with two attached hydrogens (primary N) is 1. The average molecular weight is 310 g/mol. The molecule has 0 saturated heterocycles. The molecule has 4 nitrogen and oxygen atoms in total. The number of pyridine rings is 1. The van der Waals surface area contributed by atoms with Crippen LogP contribution in [0, 0.1) is 6.92 Å². The number of nitrogen functional groups attached to an aromatic ring is 1. The van der Waals surface area contributed by atoms with Crippen molar-refractivity contribution in [3.63, 3.8) is 0 Å². The summed E-state index contributed by atoms with van der Waals surface area (Å²) >= 11 is 7.65. The summed E-state index contributed by atoms with van der Waals surface area (Å²) in [6, 6.07) is 5.70. The fourth-order valence-electron chi connectivity index (χ4n) is 1.87. The van der Waals surface area contributed by atoms with Crippen molar-refractivity contribution in [2.45, 2.75) is 26.3 Å². The zero-order valence-electron chi connectivity index (χ0n) is 11.3. The van der Waals surface area contributed by atoms with Crippen LogP contribution in [0.3, 0.4) is 0 Å². The van der Waals surface area contributed by atoms with E-state index in [0.717, 1.165) is 6.42 Å². The number of halogens is 1. The van der Waals surface area contributed by atoms with Gasteiger partial charge in [-0.3, -0.25) is 4.79 Å². The van der Waals surface area contributed by atoms with E-state index in [9.17, 15) is 4.79 Å². The van der Waals surface area contributed by atoms with E-state index in [4.69, 9.17) is 17.3 Å². The predicted octanol–water partition coefficient (Wildman–Crippen LogP) is 3.05. The van der Waals surface area contributed by atoms with E-state index in [1.807, 2.05) is 6.92 Å². The largest absolute Gasteiger partial charge is 0.397 e. The van der Waals surface area contributed by atoms with Gasteiger partial charge in [0.1, 0.15) is 5.15 Å². The van der Waals surface area contributed by atoms with Gasteiger partial charge in [-0.2, -0.15) is 0 Å². The number of carbonyl (C=O) groups excluding carboxylic acids is 1. The van der Waals surface area contributed by atoms with Crippen molar-refractivity contribution in [3.8, 4) is 0 Å². The zero-order valence-corrected chi connectivity index (χ0v) is 12.9. The molecule has 0 bridgehead atoms. The summed E-state index contributed by atoms with van der Waals surface area (Å²) in [4.78, 5) is 18.5. The Kier molecular flexibility index (Phi) is 4.62. The van der Waals surface area contributed by atoms with Gasteiger partial charge in [0.15, 0.2) is 0 Å². The van der Waals surface area contributed by atoms with E-state index < -0.39 is 0 Å². The molecular formula is C14H16ClN3OS. The third-order valence-electron chi connectivity index (χ3n) is 2.79. The van der Waals surface area contributed by atoms with Crippen molar-refractivity contribution >= 4 is 34.5 Å². The van der Waals surface area contributed by atoms with Crippen LogP contribution in [0.4, 0.5) is 5.69 Å². The van der Waals surface area contributed by atoms with Crippen LogP contribution in [0.2, 0.25) is 5.15 Å². The predicted molar refractivity (Wildman–Crippen MR) is 83.3 cm³/mol. The average Bonchev–Trinajstić information content (AvgIpc) is 2.77. The summed E-state index contributed by atoms with van der Waals surface area (Å²) in [5, 5.41) is 3.07. The van der Waals surface area contributed by atoms with Crippen LogP contribution < -0.4 is 11.1 Å². The van der Waals surface area contributed by atoms with E-state index in [0.29, 0.717) is 11.3 Å². The monoisotopic (exact) mass is 309 g/mol. The number of amides is 1. The SMILES string of the molecule is Cc1ccc(CC(C)NC(=O)c2cc(N)cnc2Cl)s1. The Hall–Kier alpha value is -1.59. The minimum atomic E-state index is -0.254. The molecule has 6 heteroatoms. The maximum atomic E-state index is 12.1. The molecule has 0 aliphatic heterocycles. The van der Waals surface area contributed by atoms with Gasteiger partial charge in [-0.1, -0.05) is 11.6 Å². The van der Waals surface area contributed by atoms with Crippen LogP contribution in [0.1, 0.15) is 27.0 Å². The Labute approximate surface area is 127 Å². The lowest BCUT2D eigenvalue weighted by molar-refractivity contribution is 0.0940. The summed E-state index contributed by atoms with van der Waals surface area (Å²) in [5.41, 5.74) is 6.35. The number of hydrogen-bond donors (Lipinski definition) is 2. The van der Waals surface area contributed by atoms with Crippen LogP contribution in [-0.4, -0.2) is 16.9 Å². The van der Waals surface area contributed by atoms with Crippen molar-refractivity contribution < 1.29 is 4.79 Å². The first-order valence-electron chi connectivity index (χ1n) is 6.23. The molecule has 0 aliphatic rings. The van der Waals surface area contributed by atoms with E-state index in [-0.39, 0.29) is 17.1 Å². The Morgan fingerprint density at radius 3 is 2.95 bits per heavy atom. The topological polar surface area (TPSA) is 68.0 Å². The first kappa shape index (κ1) is 14.8. The fourth-order valence-corrected chi connectivity index (χ4v) is 3.08. The number of aromatic nitrogens is 1. The number of carbonyl (C=O) groups is 1. The first-order valence-corrected chi connectivity index (χ1v) is 7.42. The summed E-state index contributed by atoms with van der Waals surface area (Å²) in [6.45, 7) is 4.02. The molecule has 1 atom stereocenters. The second-order valence-electron chi connectivity index (χ2n) is 4.70. The van der Waals surface area contributed by atoms with Gasteiger partial charge >= 0.3 is 0 Å². The molecule has 0 aliphatic carbocycles. The van der Waals surface area contributed by atoms with Crippen LogP contribution in [0.5, 0.6) is 0 Å². The molecule has 106 valence electrons. The molecule has 1 amide bonds. The summed E-state index contributed by atoms with van der Waals surface area (Å²) in [7, 11) is 0. The van der Waals surface area contributed by atoms with Gasteiger partial charge in [0.2, 0.25) is 0 Å². The third kappa shape index (κ3) is 3.71. The number of thiophene rings is 1. The second-order valence-corrected chi connectivity index (χ2v) is 6.43. The normalized spacial score (nSPS) is 12.2. The molecule has 0 spiro atoms. The van der Waals surface area contributed by atoms with E-state index >= 15 is 0 Å². The first-order chi connectivity index (χ1) is 9.45.